The molecule has 20 heavy (non-hydrogen) atoms. The van der Waals surface area contributed by atoms with Crippen LogP contribution < -0.4 is 0 Å². The van der Waals surface area contributed by atoms with Gasteiger partial charge in [-0.2, -0.15) is 0 Å². The van der Waals surface area contributed by atoms with Gasteiger partial charge in [-0.1, -0.05) is 19.8 Å². The van der Waals surface area contributed by atoms with Gasteiger partial charge in [0.05, 0.1) is 0 Å². The van der Waals surface area contributed by atoms with Gasteiger partial charge in [-0.05, 0) is 58.8 Å². The van der Waals surface area contributed by atoms with Crippen LogP contribution >= 0.6 is 0 Å². The summed E-state index contributed by atoms with van der Waals surface area (Å²) in [5, 5.41) is 0. The Morgan fingerprint density at radius 1 is 1.20 bits per heavy atom. The quantitative estimate of drug-likeness (QED) is 0.773. The van der Waals surface area contributed by atoms with E-state index in [4.69, 9.17) is 0 Å². The Morgan fingerprint density at radius 3 is 2.50 bits per heavy atom. The average molecular weight is 280 g/mol. The Kier molecular flexibility index (Phi) is 6.03. The van der Waals surface area contributed by atoms with E-state index in [9.17, 15) is 4.79 Å². The molecule has 0 bridgehead atoms. The standard InChI is InChI=1S/C17H32N2O/c1-4-5-14-6-7-17(20)15(12-14)13-19-10-8-16(9-11-19)18(2)3/h14-16H,4-13H2,1-3H3. The Bertz CT molecular complexity index is 308. The molecule has 1 heterocycles. The maximum absolute atomic E-state index is 12.2. The third kappa shape index (κ3) is 4.29. The monoisotopic (exact) mass is 280 g/mol. The number of hydrogen-bond donors (Lipinski definition) is 0. The molecular weight excluding hydrogens is 248 g/mol. The van der Waals surface area contributed by atoms with Gasteiger partial charge in [0.25, 0.3) is 0 Å². The van der Waals surface area contributed by atoms with Crippen molar-refractivity contribution in [2.24, 2.45) is 11.8 Å². The number of ketones is 1. The lowest BCUT2D eigenvalue weighted by atomic mass is 9.78. The van der Waals surface area contributed by atoms with Crippen LogP contribution in [0.3, 0.4) is 0 Å². The Morgan fingerprint density at radius 2 is 1.90 bits per heavy atom. The molecule has 1 saturated heterocycles. The number of carbonyl (C=O) groups is 1. The van der Waals surface area contributed by atoms with E-state index in [1.807, 2.05) is 0 Å². The smallest absolute Gasteiger partial charge is 0.137 e. The molecule has 3 heteroatoms. The van der Waals surface area contributed by atoms with E-state index in [2.05, 4.69) is 30.8 Å². The lowest BCUT2D eigenvalue weighted by Gasteiger charge is -2.38. The molecule has 1 saturated carbocycles. The lowest BCUT2D eigenvalue weighted by molar-refractivity contribution is -0.126. The van der Waals surface area contributed by atoms with Crippen molar-refractivity contribution in [2.75, 3.05) is 33.7 Å². The zero-order chi connectivity index (χ0) is 14.5. The molecule has 0 spiro atoms. The molecule has 1 aliphatic carbocycles. The fourth-order valence-corrected chi connectivity index (χ4v) is 3.98. The van der Waals surface area contributed by atoms with Gasteiger partial charge in [0.15, 0.2) is 0 Å². The van der Waals surface area contributed by atoms with Gasteiger partial charge in [-0.15, -0.1) is 0 Å². The van der Waals surface area contributed by atoms with E-state index in [0.29, 0.717) is 11.7 Å². The zero-order valence-electron chi connectivity index (χ0n) is 13.6. The molecule has 2 fully saturated rings. The van der Waals surface area contributed by atoms with Crippen LogP contribution in [0, 0.1) is 11.8 Å². The molecule has 3 nitrogen and oxygen atoms in total. The highest BCUT2D eigenvalue weighted by atomic mass is 16.1. The normalized spacial score (nSPS) is 30.1. The Balaban J connectivity index is 1.79. The molecule has 0 aromatic carbocycles. The van der Waals surface area contributed by atoms with Crippen LogP contribution in [0.2, 0.25) is 0 Å². The summed E-state index contributed by atoms with van der Waals surface area (Å²) in [6.45, 7) is 5.63. The summed E-state index contributed by atoms with van der Waals surface area (Å²) in [5.41, 5.74) is 0. The topological polar surface area (TPSA) is 23.6 Å². The number of hydrogen-bond acceptors (Lipinski definition) is 3. The molecule has 0 radical (unpaired) electrons. The van der Waals surface area contributed by atoms with Crippen LogP contribution in [0.15, 0.2) is 0 Å². The number of nitrogens with zero attached hydrogens (tertiary/aromatic N) is 2. The molecule has 0 amide bonds. The predicted molar refractivity (Wildman–Crippen MR) is 83.9 cm³/mol. The van der Waals surface area contributed by atoms with Crippen molar-refractivity contribution >= 4 is 5.78 Å². The largest absolute Gasteiger partial charge is 0.306 e. The predicted octanol–water partition coefficient (Wildman–Crippen LogP) is 2.80. The SMILES string of the molecule is CCCC1CCC(=O)C(CN2CCC(N(C)C)CC2)C1. The number of rotatable bonds is 5. The second-order valence-electron chi connectivity index (χ2n) is 7.09. The van der Waals surface area contributed by atoms with E-state index in [1.54, 1.807) is 0 Å². The van der Waals surface area contributed by atoms with Gasteiger partial charge in [-0.25, -0.2) is 0 Å². The summed E-state index contributed by atoms with van der Waals surface area (Å²) in [6, 6.07) is 0.737. The first kappa shape index (κ1) is 16.0. The summed E-state index contributed by atoms with van der Waals surface area (Å²) in [6.07, 6.45) is 8.22. The van der Waals surface area contributed by atoms with Crippen LogP contribution in [0.25, 0.3) is 0 Å². The van der Waals surface area contributed by atoms with E-state index in [1.165, 1.54) is 38.8 Å². The minimum absolute atomic E-state index is 0.330. The molecule has 2 aliphatic rings. The highest BCUT2D eigenvalue weighted by Crippen LogP contribution is 2.30. The maximum atomic E-state index is 12.2. The minimum Gasteiger partial charge on any atom is -0.306 e. The molecule has 2 atom stereocenters. The molecule has 1 aliphatic heterocycles. The van der Waals surface area contributed by atoms with Gasteiger partial charge in [0, 0.05) is 24.9 Å². The summed E-state index contributed by atoms with van der Waals surface area (Å²) in [4.78, 5) is 17.0. The van der Waals surface area contributed by atoms with Gasteiger partial charge in [0.1, 0.15) is 5.78 Å². The van der Waals surface area contributed by atoms with Crippen molar-refractivity contribution in [2.45, 2.75) is 57.9 Å². The van der Waals surface area contributed by atoms with Crippen molar-refractivity contribution in [3.05, 3.63) is 0 Å². The van der Waals surface area contributed by atoms with E-state index >= 15 is 0 Å². The van der Waals surface area contributed by atoms with Crippen LogP contribution in [-0.4, -0.2) is 55.4 Å². The second-order valence-corrected chi connectivity index (χ2v) is 7.09. The molecule has 116 valence electrons. The highest BCUT2D eigenvalue weighted by molar-refractivity contribution is 5.81. The molecule has 0 N–H and O–H groups in total. The molecule has 2 unspecified atom stereocenters. The fraction of sp³-hybridized carbons (Fsp3) is 0.941. The fourth-order valence-electron chi connectivity index (χ4n) is 3.98. The van der Waals surface area contributed by atoms with Gasteiger partial charge in [-0.3, -0.25) is 4.79 Å². The number of carbonyl (C=O) groups excluding carboxylic acids is 1. The molecule has 0 aromatic rings. The van der Waals surface area contributed by atoms with Crippen LogP contribution in [-0.2, 0) is 4.79 Å². The molecular formula is C17H32N2O. The molecule has 0 aromatic heterocycles. The number of likely N-dealkylation sites (tertiary alicyclic amines) is 1. The average Bonchev–Trinajstić information content (AvgIpc) is 2.43. The third-order valence-corrected chi connectivity index (χ3v) is 5.34. The summed E-state index contributed by atoms with van der Waals surface area (Å²) in [5.74, 6) is 1.67. The third-order valence-electron chi connectivity index (χ3n) is 5.34. The number of piperidine rings is 1. The summed E-state index contributed by atoms with van der Waals surface area (Å²) in [7, 11) is 4.36. The highest BCUT2D eigenvalue weighted by Gasteiger charge is 2.31. The summed E-state index contributed by atoms with van der Waals surface area (Å²) >= 11 is 0. The van der Waals surface area contributed by atoms with E-state index in [-0.39, 0.29) is 0 Å². The van der Waals surface area contributed by atoms with Gasteiger partial charge < -0.3 is 9.80 Å². The first-order valence-corrected chi connectivity index (χ1v) is 8.51. The van der Waals surface area contributed by atoms with Gasteiger partial charge in [0.2, 0.25) is 0 Å². The van der Waals surface area contributed by atoms with E-state index < -0.39 is 0 Å². The summed E-state index contributed by atoms with van der Waals surface area (Å²) < 4.78 is 0. The molecule has 2 rings (SSSR count). The zero-order valence-corrected chi connectivity index (χ0v) is 13.6. The van der Waals surface area contributed by atoms with Crippen molar-refractivity contribution in [1.82, 2.24) is 9.80 Å². The van der Waals surface area contributed by atoms with Crippen molar-refractivity contribution < 1.29 is 4.79 Å². The van der Waals surface area contributed by atoms with Crippen LogP contribution in [0.5, 0.6) is 0 Å². The van der Waals surface area contributed by atoms with Crippen molar-refractivity contribution in [3.63, 3.8) is 0 Å². The van der Waals surface area contributed by atoms with Crippen molar-refractivity contribution in [1.29, 1.82) is 0 Å². The Hall–Kier alpha value is -0.410. The first-order chi connectivity index (χ1) is 9.60. The van der Waals surface area contributed by atoms with Gasteiger partial charge >= 0.3 is 0 Å². The van der Waals surface area contributed by atoms with Crippen LogP contribution in [0.1, 0.15) is 51.9 Å². The van der Waals surface area contributed by atoms with Crippen molar-refractivity contribution in [3.8, 4) is 0 Å². The van der Waals surface area contributed by atoms with E-state index in [0.717, 1.165) is 37.8 Å². The maximum Gasteiger partial charge on any atom is 0.137 e. The second kappa shape index (κ2) is 7.56. The number of Topliss-reactive ketones (excluding diaryl/α,β-unsaturated/α-hetero) is 1. The minimum atomic E-state index is 0.330. The van der Waals surface area contributed by atoms with Crippen LogP contribution in [0.4, 0.5) is 0 Å². The first-order valence-electron chi connectivity index (χ1n) is 8.51. The lowest BCUT2D eigenvalue weighted by Crippen LogP contribution is -2.45. The Labute approximate surface area is 124 Å².